The van der Waals surface area contributed by atoms with Gasteiger partial charge in [-0.15, -0.1) is 0 Å². The van der Waals surface area contributed by atoms with Crippen LogP contribution in [-0.4, -0.2) is 59.1 Å². The third-order valence-corrected chi connectivity index (χ3v) is 6.43. The molecule has 1 fully saturated rings. The summed E-state index contributed by atoms with van der Waals surface area (Å²) >= 11 is 0.771. The molecule has 1 aromatic heterocycles. The van der Waals surface area contributed by atoms with Crippen molar-refractivity contribution in [3.8, 4) is 11.5 Å². The molecule has 176 valence electrons. The van der Waals surface area contributed by atoms with E-state index in [9.17, 15) is 14.4 Å². The predicted molar refractivity (Wildman–Crippen MR) is 119 cm³/mol. The van der Waals surface area contributed by atoms with Gasteiger partial charge >= 0.3 is 0 Å². The summed E-state index contributed by atoms with van der Waals surface area (Å²) in [6, 6.07) is 4.44. The number of hydrogen-bond acceptors (Lipinski definition) is 9. The van der Waals surface area contributed by atoms with E-state index in [4.69, 9.17) is 25.7 Å². The minimum Gasteiger partial charge on any atom is -0.454 e. The molecular formula is C21H25N5O6S. The Morgan fingerprint density at radius 1 is 1.30 bits per heavy atom. The van der Waals surface area contributed by atoms with Gasteiger partial charge in [-0.05, 0) is 49.0 Å². The standard InChI is InChI=1S/C21H25N5O6S/c1-11(20(28)24-8-13-3-2-6-30-13)26(9-12-4-5-14-15(7-12)32-10-31-14)21(29)18-16(22)17(19(23)27)25-33-18/h4-5,7,11,13H,2-3,6,8-10,22H2,1H3,(H2,23,27)(H,24,28). The van der Waals surface area contributed by atoms with Gasteiger partial charge in [0, 0.05) is 19.7 Å². The number of amides is 3. The first-order valence-electron chi connectivity index (χ1n) is 10.5. The molecule has 0 radical (unpaired) electrons. The van der Waals surface area contributed by atoms with E-state index in [0.29, 0.717) is 24.7 Å². The Morgan fingerprint density at radius 3 is 2.79 bits per heavy atom. The summed E-state index contributed by atoms with van der Waals surface area (Å²) in [4.78, 5) is 39.3. The number of ether oxygens (including phenoxy) is 3. The van der Waals surface area contributed by atoms with Gasteiger partial charge in [0.2, 0.25) is 12.7 Å². The second-order valence-electron chi connectivity index (χ2n) is 7.82. The van der Waals surface area contributed by atoms with Gasteiger partial charge in [-0.1, -0.05) is 6.07 Å². The van der Waals surface area contributed by atoms with Crippen LogP contribution in [0.1, 0.15) is 45.5 Å². The van der Waals surface area contributed by atoms with Crippen LogP contribution in [0, 0.1) is 0 Å². The van der Waals surface area contributed by atoms with Gasteiger partial charge < -0.3 is 35.9 Å². The number of carbonyl (C=O) groups excluding carboxylic acids is 3. The molecule has 0 saturated carbocycles. The Labute approximate surface area is 194 Å². The molecule has 3 heterocycles. The fourth-order valence-corrected chi connectivity index (χ4v) is 4.45. The number of hydrogen-bond donors (Lipinski definition) is 3. The Kier molecular flexibility index (Phi) is 6.65. The third kappa shape index (κ3) is 4.86. The maximum Gasteiger partial charge on any atom is 0.270 e. The molecule has 3 amide bonds. The van der Waals surface area contributed by atoms with Gasteiger partial charge in [-0.25, -0.2) is 0 Å². The second-order valence-corrected chi connectivity index (χ2v) is 8.59. The minimum absolute atomic E-state index is 0.0329. The highest BCUT2D eigenvalue weighted by Gasteiger charge is 2.32. The quantitative estimate of drug-likeness (QED) is 0.507. The van der Waals surface area contributed by atoms with Crippen LogP contribution in [0.25, 0.3) is 0 Å². The maximum atomic E-state index is 13.4. The van der Waals surface area contributed by atoms with Crippen LogP contribution in [0.4, 0.5) is 5.69 Å². The fourth-order valence-electron chi connectivity index (χ4n) is 3.69. The zero-order valence-corrected chi connectivity index (χ0v) is 18.9. The van der Waals surface area contributed by atoms with E-state index in [2.05, 4.69) is 9.69 Å². The molecular weight excluding hydrogens is 450 g/mol. The Morgan fingerprint density at radius 2 is 2.09 bits per heavy atom. The molecule has 0 spiro atoms. The first-order valence-corrected chi connectivity index (χ1v) is 11.3. The largest absolute Gasteiger partial charge is 0.454 e. The molecule has 2 aliphatic heterocycles. The van der Waals surface area contributed by atoms with E-state index >= 15 is 0 Å². The van der Waals surface area contributed by atoms with Gasteiger partial charge in [0.25, 0.3) is 11.8 Å². The zero-order chi connectivity index (χ0) is 23.5. The van der Waals surface area contributed by atoms with Gasteiger partial charge in [0.15, 0.2) is 17.2 Å². The highest BCUT2D eigenvalue weighted by Crippen LogP contribution is 2.33. The maximum absolute atomic E-state index is 13.4. The van der Waals surface area contributed by atoms with Crippen molar-refractivity contribution in [3.05, 3.63) is 34.3 Å². The summed E-state index contributed by atoms with van der Waals surface area (Å²) in [7, 11) is 0. The number of nitrogen functional groups attached to an aromatic ring is 1. The number of carbonyl (C=O) groups is 3. The number of aromatic nitrogens is 1. The summed E-state index contributed by atoms with van der Waals surface area (Å²) < 4.78 is 20.2. The Balaban J connectivity index is 1.57. The first kappa shape index (κ1) is 22.8. The van der Waals surface area contributed by atoms with Crippen LogP contribution in [0.5, 0.6) is 11.5 Å². The number of nitrogens with one attached hydrogen (secondary N) is 1. The van der Waals surface area contributed by atoms with Crippen LogP contribution >= 0.6 is 11.5 Å². The lowest BCUT2D eigenvalue weighted by Crippen LogP contribution is -2.48. The van der Waals surface area contributed by atoms with Crippen molar-refractivity contribution in [1.29, 1.82) is 0 Å². The molecule has 0 bridgehead atoms. The SMILES string of the molecule is CC(C(=O)NCC1CCCO1)N(Cc1ccc2c(c1)OCO2)C(=O)c1snc(C(N)=O)c1N. The van der Waals surface area contributed by atoms with Crippen molar-refractivity contribution in [1.82, 2.24) is 14.6 Å². The smallest absolute Gasteiger partial charge is 0.270 e. The average Bonchev–Trinajstić information content (AvgIpc) is 3.55. The monoisotopic (exact) mass is 475 g/mol. The van der Waals surface area contributed by atoms with Gasteiger partial charge in [-0.3, -0.25) is 14.4 Å². The van der Waals surface area contributed by atoms with Crippen molar-refractivity contribution in [2.45, 2.75) is 38.5 Å². The van der Waals surface area contributed by atoms with Gasteiger partial charge in [0.1, 0.15) is 10.9 Å². The Hall–Kier alpha value is -3.38. The van der Waals surface area contributed by atoms with Crippen molar-refractivity contribution in [3.63, 3.8) is 0 Å². The van der Waals surface area contributed by atoms with Crippen molar-refractivity contribution in [2.75, 3.05) is 25.7 Å². The molecule has 2 atom stereocenters. The number of benzene rings is 1. The average molecular weight is 476 g/mol. The summed E-state index contributed by atoms with van der Waals surface area (Å²) in [5.41, 5.74) is 11.7. The van der Waals surface area contributed by atoms with Crippen LogP contribution < -0.4 is 26.3 Å². The highest BCUT2D eigenvalue weighted by molar-refractivity contribution is 7.09. The number of anilines is 1. The summed E-state index contributed by atoms with van der Waals surface area (Å²) in [5.74, 6) is -0.527. The van der Waals surface area contributed by atoms with Crippen molar-refractivity contribution < 1.29 is 28.6 Å². The van der Waals surface area contributed by atoms with Crippen molar-refractivity contribution >= 4 is 34.9 Å². The van der Waals surface area contributed by atoms with E-state index in [1.54, 1.807) is 25.1 Å². The summed E-state index contributed by atoms with van der Waals surface area (Å²) in [6.07, 6.45) is 1.80. The van der Waals surface area contributed by atoms with Crippen molar-refractivity contribution in [2.24, 2.45) is 5.73 Å². The molecule has 5 N–H and O–H groups in total. The molecule has 11 nitrogen and oxygen atoms in total. The molecule has 2 unspecified atom stereocenters. The number of nitrogens with zero attached hydrogens (tertiary/aromatic N) is 2. The fraction of sp³-hybridized carbons (Fsp3) is 0.429. The molecule has 1 aromatic carbocycles. The van der Waals surface area contributed by atoms with E-state index in [-0.39, 0.29) is 41.6 Å². The lowest BCUT2D eigenvalue weighted by molar-refractivity contribution is -0.125. The lowest BCUT2D eigenvalue weighted by Gasteiger charge is -2.28. The van der Waals surface area contributed by atoms with Crippen LogP contribution in [0.15, 0.2) is 18.2 Å². The molecule has 12 heteroatoms. The topological polar surface area (TPSA) is 159 Å². The minimum atomic E-state index is -0.845. The Bertz CT molecular complexity index is 1070. The molecule has 33 heavy (non-hydrogen) atoms. The summed E-state index contributed by atoms with van der Waals surface area (Å²) in [6.45, 7) is 2.88. The van der Waals surface area contributed by atoms with E-state index < -0.39 is 17.9 Å². The van der Waals surface area contributed by atoms with E-state index in [0.717, 1.165) is 29.9 Å². The number of rotatable bonds is 8. The van der Waals surface area contributed by atoms with E-state index in [1.165, 1.54) is 4.90 Å². The molecule has 2 aromatic rings. The second kappa shape index (κ2) is 9.63. The lowest BCUT2D eigenvalue weighted by atomic mass is 10.1. The van der Waals surface area contributed by atoms with Gasteiger partial charge in [-0.2, -0.15) is 4.37 Å². The number of fused-ring (bicyclic) bond motifs is 1. The first-order chi connectivity index (χ1) is 15.8. The van der Waals surface area contributed by atoms with Crippen LogP contribution in [0.3, 0.4) is 0 Å². The number of primary amides is 1. The summed E-state index contributed by atoms with van der Waals surface area (Å²) in [5, 5.41) is 2.86. The van der Waals surface area contributed by atoms with E-state index in [1.807, 2.05) is 0 Å². The van der Waals surface area contributed by atoms with Crippen LogP contribution in [0.2, 0.25) is 0 Å². The third-order valence-electron chi connectivity index (χ3n) is 5.58. The molecule has 4 rings (SSSR count). The number of nitrogens with two attached hydrogens (primary N) is 2. The van der Waals surface area contributed by atoms with Gasteiger partial charge in [0.05, 0.1) is 11.8 Å². The van der Waals surface area contributed by atoms with Crippen LogP contribution in [-0.2, 0) is 16.1 Å². The molecule has 2 aliphatic rings. The zero-order valence-electron chi connectivity index (χ0n) is 18.0. The molecule has 0 aliphatic carbocycles. The highest BCUT2D eigenvalue weighted by atomic mass is 32.1. The normalized spacial score (nSPS) is 17.5. The molecule has 1 saturated heterocycles. The predicted octanol–water partition coefficient (Wildman–Crippen LogP) is 0.879.